The summed E-state index contributed by atoms with van der Waals surface area (Å²) < 4.78 is 0. The van der Waals surface area contributed by atoms with Crippen molar-refractivity contribution in [1.29, 1.82) is 0 Å². The van der Waals surface area contributed by atoms with Gasteiger partial charge in [0, 0.05) is 23.1 Å². The van der Waals surface area contributed by atoms with E-state index >= 15 is 0 Å². The van der Waals surface area contributed by atoms with Gasteiger partial charge in [-0.2, -0.15) is 11.8 Å². The van der Waals surface area contributed by atoms with Crippen LogP contribution in [0.4, 0.5) is 0 Å². The summed E-state index contributed by atoms with van der Waals surface area (Å²) >= 11 is 3.94. The highest BCUT2D eigenvalue weighted by atomic mass is 32.2. The summed E-state index contributed by atoms with van der Waals surface area (Å²) in [5, 5.41) is 5.33. The SMILES string of the molecule is CNCC1CCCc2sc(CSC(C)C)nc21. The Balaban J connectivity index is 2.07. The first kappa shape index (κ1) is 13.4. The molecule has 1 heterocycles. The number of hydrogen-bond acceptors (Lipinski definition) is 4. The third kappa shape index (κ3) is 3.46. The molecular weight excluding hydrogens is 248 g/mol. The van der Waals surface area contributed by atoms with Crippen molar-refractivity contribution in [3.05, 3.63) is 15.6 Å². The zero-order chi connectivity index (χ0) is 12.3. The molecule has 0 bridgehead atoms. The number of hydrogen-bond donors (Lipinski definition) is 1. The fourth-order valence-electron chi connectivity index (χ4n) is 2.30. The predicted octanol–water partition coefficient (Wildman–Crippen LogP) is 3.42. The number of aromatic nitrogens is 1. The molecule has 4 heteroatoms. The summed E-state index contributed by atoms with van der Waals surface area (Å²) in [6, 6.07) is 0. The highest BCUT2D eigenvalue weighted by Gasteiger charge is 2.24. The van der Waals surface area contributed by atoms with Crippen molar-refractivity contribution in [2.24, 2.45) is 0 Å². The van der Waals surface area contributed by atoms with Crippen LogP contribution in [0.3, 0.4) is 0 Å². The van der Waals surface area contributed by atoms with Gasteiger partial charge in [0.2, 0.25) is 0 Å². The van der Waals surface area contributed by atoms with Crippen LogP contribution in [-0.4, -0.2) is 23.8 Å². The second-order valence-corrected chi connectivity index (χ2v) is 7.66. The van der Waals surface area contributed by atoms with Gasteiger partial charge in [0.1, 0.15) is 5.01 Å². The molecule has 0 saturated carbocycles. The molecule has 0 amide bonds. The third-order valence-corrected chi connectivity index (χ3v) is 5.53. The maximum Gasteiger partial charge on any atom is 0.103 e. The van der Waals surface area contributed by atoms with E-state index in [0.717, 1.165) is 12.3 Å². The van der Waals surface area contributed by atoms with Gasteiger partial charge >= 0.3 is 0 Å². The van der Waals surface area contributed by atoms with Crippen molar-refractivity contribution < 1.29 is 0 Å². The molecule has 0 radical (unpaired) electrons. The molecule has 1 aromatic rings. The zero-order valence-corrected chi connectivity index (χ0v) is 12.6. The van der Waals surface area contributed by atoms with E-state index in [9.17, 15) is 0 Å². The van der Waals surface area contributed by atoms with Crippen molar-refractivity contribution in [2.75, 3.05) is 13.6 Å². The fraction of sp³-hybridized carbons (Fsp3) is 0.769. The molecule has 2 rings (SSSR count). The first-order chi connectivity index (χ1) is 8.20. The molecule has 0 fully saturated rings. The van der Waals surface area contributed by atoms with Crippen molar-refractivity contribution in [1.82, 2.24) is 10.3 Å². The Morgan fingerprint density at radius 2 is 2.35 bits per heavy atom. The minimum absolute atomic E-state index is 0.651. The number of fused-ring (bicyclic) bond motifs is 1. The van der Waals surface area contributed by atoms with Crippen LogP contribution in [0.15, 0.2) is 0 Å². The molecule has 1 aliphatic carbocycles. The highest BCUT2D eigenvalue weighted by molar-refractivity contribution is 7.99. The minimum Gasteiger partial charge on any atom is -0.319 e. The Labute approximate surface area is 113 Å². The smallest absolute Gasteiger partial charge is 0.103 e. The summed E-state index contributed by atoms with van der Waals surface area (Å²) in [5.74, 6) is 1.74. The lowest BCUT2D eigenvalue weighted by molar-refractivity contribution is 0.522. The Kier molecular flexibility index (Phi) is 4.88. The Morgan fingerprint density at radius 3 is 3.06 bits per heavy atom. The average molecular weight is 270 g/mol. The monoisotopic (exact) mass is 270 g/mol. The fourth-order valence-corrected chi connectivity index (χ4v) is 4.27. The zero-order valence-electron chi connectivity index (χ0n) is 11.0. The first-order valence-corrected chi connectivity index (χ1v) is 8.32. The van der Waals surface area contributed by atoms with Crippen LogP contribution in [0.2, 0.25) is 0 Å². The molecule has 0 spiro atoms. The maximum atomic E-state index is 4.88. The normalized spacial score (nSPS) is 19.6. The molecule has 2 nitrogen and oxygen atoms in total. The molecule has 1 aromatic heterocycles. The molecular formula is C13H22N2S2. The second-order valence-electron chi connectivity index (χ2n) is 4.92. The lowest BCUT2D eigenvalue weighted by Crippen LogP contribution is -2.21. The van der Waals surface area contributed by atoms with Crippen molar-refractivity contribution in [3.63, 3.8) is 0 Å². The number of rotatable bonds is 5. The second kappa shape index (κ2) is 6.21. The van der Waals surface area contributed by atoms with Gasteiger partial charge in [-0.1, -0.05) is 13.8 Å². The summed E-state index contributed by atoms with van der Waals surface area (Å²) in [5.41, 5.74) is 1.40. The minimum atomic E-state index is 0.651. The quantitative estimate of drug-likeness (QED) is 0.887. The van der Waals surface area contributed by atoms with E-state index in [0.29, 0.717) is 11.2 Å². The lowest BCUT2D eigenvalue weighted by Gasteiger charge is -2.20. The van der Waals surface area contributed by atoms with E-state index in [-0.39, 0.29) is 0 Å². The molecule has 1 N–H and O–H groups in total. The summed E-state index contributed by atoms with van der Waals surface area (Å²) in [6.45, 7) is 5.58. The van der Waals surface area contributed by atoms with Crippen molar-refractivity contribution in [2.45, 2.75) is 50.0 Å². The van der Waals surface area contributed by atoms with Crippen LogP contribution in [0.1, 0.15) is 48.2 Å². The molecule has 1 aliphatic rings. The first-order valence-electron chi connectivity index (χ1n) is 6.45. The van der Waals surface area contributed by atoms with E-state index in [1.54, 1.807) is 4.88 Å². The van der Waals surface area contributed by atoms with E-state index in [4.69, 9.17) is 4.98 Å². The Hall–Kier alpha value is -0.0600. The Morgan fingerprint density at radius 1 is 1.53 bits per heavy atom. The number of nitrogens with zero attached hydrogens (tertiary/aromatic N) is 1. The number of likely N-dealkylation sites (N-methyl/N-ethyl adjacent to an activating group) is 1. The van der Waals surface area contributed by atoms with Crippen LogP contribution < -0.4 is 5.32 Å². The average Bonchev–Trinajstić information content (AvgIpc) is 2.71. The topological polar surface area (TPSA) is 24.9 Å². The van der Waals surface area contributed by atoms with Gasteiger partial charge in [-0.15, -0.1) is 11.3 Å². The number of aryl methyl sites for hydroxylation is 1. The van der Waals surface area contributed by atoms with Crippen LogP contribution >= 0.6 is 23.1 Å². The maximum absolute atomic E-state index is 4.88. The van der Waals surface area contributed by atoms with Gasteiger partial charge in [-0.3, -0.25) is 0 Å². The van der Waals surface area contributed by atoms with E-state index in [1.165, 1.54) is 30.0 Å². The third-order valence-electron chi connectivity index (χ3n) is 3.11. The molecule has 0 aliphatic heterocycles. The number of thiazole rings is 1. The van der Waals surface area contributed by atoms with Crippen molar-refractivity contribution in [3.8, 4) is 0 Å². The van der Waals surface area contributed by atoms with Gasteiger partial charge in [0.25, 0.3) is 0 Å². The van der Waals surface area contributed by atoms with E-state index in [1.807, 2.05) is 30.1 Å². The molecule has 0 saturated heterocycles. The van der Waals surface area contributed by atoms with Crippen LogP contribution in [0.25, 0.3) is 0 Å². The van der Waals surface area contributed by atoms with Crippen LogP contribution in [0, 0.1) is 0 Å². The Bertz CT molecular complexity index is 360. The van der Waals surface area contributed by atoms with Crippen LogP contribution in [0.5, 0.6) is 0 Å². The van der Waals surface area contributed by atoms with E-state index in [2.05, 4.69) is 19.2 Å². The standard InChI is InChI=1S/C13H22N2S2/c1-9(2)16-8-12-15-13-10(7-14-3)5-4-6-11(13)17-12/h9-10,14H,4-8H2,1-3H3. The molecule has 17 heavy (non-hydrogen) atoms. The van der Waals surface area contributed by atoms with Gasteiger partial charge in [0.15, 0.2) is 0 Å². The van der Waals surface area contributed by atoms with Gasteiger partial charge < -0.3 is 5.32 Å². The largest absolute Gasteiger partial charge is 0.319 e. The predicted molar refractivity (Wildman–Crippen MR) is 78.2 cm³/mol. The van der Waals surface area contributed by atoms with Gasteiger partial charge in [-0.25, -0.2) is 4.98 Å². The molecule has 0 aromatic carbocycles. The van der Waals surface area contributed by atoms with Gasteiger partial charge in [0.05, 0.1) is 5.69 Å². The van der Waals surface area contributed by atoms with Gasteiger partial charge in [-0.05, 0) is 31.6 Å². The van der Waals surface area contributed by atoms with Crippen LogP contribution in [-0.2, 0) is 12.2 Å². The summed E-state index contributed by atoms with van der Waals surface area (Å²) in [4.78, 5) is 6.43. The summed E-state index contributed by atoms with van der Waals surface area (Å²) in [7, 11) is 2.04. The molecule has 96 valence electrons. The number of nitrogens with one attached hydrogen (secondary N) is 1. The van der Waals surface area contributed by atoms with E-state index < -0.39 is 0 Å². The molecule has 1 unspecified atom stereocenters. The number of thioether (sulfide) groups is 1. The summed E-state index contributed by atoms with van der Waals surface area (Å²) in [6.07, 6.45) is 3.88. The highest BCUT2D eigenvalue weighted by Crippen LogP contribution is 2.35. The molecule has 1 atom stereocenters. The lowest BCUT2D eigenvalue weighted by atomic mass is 9.91. The van der Waals surface area contributed by atoms with Crippen molar-refractivity contribution >= 4 is 23.1 Å².